The molecule has 0 amide bonds. The summed E-state index contributed by atoms with van der Waals surface area (Å²) < 4.78 is 38.6. The van der Waals surface area contributed by atoms with E-state index in [-0.39, 0.29) is 5.95 Å². The minimum Gasteiger partial charge on any atom is -0.368 e. The van der Waals surface area contributed by atoms with Crippen LogP contribution in [0.5, 0.6) is 0 Å². The van der Waals surface area contributed by atoms with Crippen molar-refractivity contribution in [3.8, 4) is 11.3 Å². The maximum Gasteiger partial charge on any atom is 0.416 e. The Morgan fingerprint density at radius 3 is 2.29 bits per heavy atom. The van der Waals surface area contributed by atoms with E-state index in [9.17, 15) is 13.2 Å². The van der Waals surface area contributed by atoms with E-state index in [0.29, 0.717) is 22.2 Å². The van der Waals surface area contributed by atoms with Crippen LogP contribution in [0.1, 0.15) is 5.56 Å². The highest BCUT2D eigenvalue weighted by atomic mass is 19.4. The highest BCUT2D eigenvalue weighted by Crippen LogP contribution is 2.34. The van der Waals surface area contributed by atoms with Crippen molar-refractivity contribution in [1.29, 1.82) is 0 Å². The van der Waals surface area contributed by atoms with E-state index in [1.54, 1.807) is 24.3 Å². The van der Waals surface area contributed by atoms with Crippen LogP contribution in [0.25, 0.3) is 22.2 Å². The number of nitrogens with two attached hydrogens (primary N) is 1. The average Bonchev–Trinajstić information content (AvgIpc) is 2.46. The lowest BCUT2D eigenvalue weighted by atomic mass is 10.0. The zero-order valence-corrected chi connectivity index (χ0v) is 10.7. The lowest BCUT2D eigenvalue weighted by Crippen LogP contribution is -2.05. The molecule has 1 aromatic heterocycles. The van der Waals surface area contributed by atoms with E-state index >= 15 is 0 Å². The molecule has 3 nitrogen and oxygen atoms in total. The summed E-state index contributed by atoms with van der Waals surface area (Å²) in [6.07, 6.45) is -4.41. The molecular formula is C15H10F3N3. The molecule has 0 radical (unpaired) electrons. The Morgan fingerprint density at radius 2 is 1.62 bits per heavy atom. The molecule has 0 aliphatic carbocycles. The first-order valence-corrected chi connectivity index (χ1v) is 6.15. The van der Waals surface area contributed by atoms with Crippen molar-refractivity contribution in [1.82, 2.24) is 9.97 Å². The fraction of sp³-hybridized carbons (Fsp3) is 0.0667. The standard InChI is InChI=1S/C15H10F3N3/c16-15(17,18)10-6-7-12-11(8-10)13(21-14(19)20-12)9-4-2-1-3-5-9/h1-8H,(H2,19,20,21). The number of alkyl halides is 3. The number of hydrogen-bond donors (Lipinski definition) is 1. The van der Waals surface area contributed by atoms with Crippen molar-refractivity contribution < 1.29 is 13.2 Å². The molecule has 6 heteroatoms. The highest BCUT2D eigenvalue weighted by molar-refractivity contribution is 5.93. The zero-order valence-electron chi connectivity index (χ0n) is 10.7. The summed E-state index contributed by atoms with van der Waals surface area (Å²) in [6.45, 7) is 0. The van der Waals surface area contributed by atoms with Gasteiger partial charge in [0, 0.05) is 10.9 Å². The average molecular weight is 289 g/mol. The van der Waals surface area contributed by atoms with Gasteiger partial charge in [0.05, 0.1) is 16.8 Å². The summed E-state index contributed by atoms with van der Waals surface area (Å²) in [5.41, 5.74) is 6.37. The zero-order chi connectivity index (χ0) is 15.0. The maximum absolute atomic E-state index is 12.9. The Labute approximate surface area is 118 Å². The Kier molecular flexibility index (Phi) is 3.01. The topological polar surface area (TPSA) is 51.8 Å². The Hall–Kier alpha value is -2.63. The molecule has 0 bridgehead atoms. The third kappa shape index (κ3) is 2.52. The van der Waals surface area contributed by atoms with Crippen LogP contribution in [0, 0.1) is 0 Å². The van der Waals surface area contributed by atoms with Crippen molar-refractivity contribution in [3.05, 3.63) is 54.1 Å². The van der Waals surface area contributed by atoms with Crippen molar-refractivity contribution >= 4 is 16.9 Å². The van der Waals surface area contributed by atoms with Crippen LogP contribution in [-0.2, 0) is 6.18 Å². The van der Waals surface area contributed by atoms with Gasteiger partial charge in [-0.15, -0.1) is 0 Å². The molecule has 106 valence electrons. The monoisotopic (exact) mass is 289 g/mol. The molecule has 0 aliphatic heterocycles. The van der Waals surface area contributed by atoms with Crippen LogP contribution in [0.3, 0.4) is 0 Å². The summed E-state index contributed by atoms with van der Waals surface area (Å²) >= 11 is 0. The number of benzene rings is 2. The first-order valence-electron chi connectivity index (χ1n) is 6.15. The largest absolute Gasteiger partial charge is 0.416 e. The molecule has 0 fully saturated rings. The predicted molar refractivity (Wildman–Crippen MR) is 74.4 cm³/mol. The smallest absolute Gasteiger partial charge is 0.368 e. The van der Waals surface area contributed by atoms with Gasteiger partial charge in [0.1, 0.15) is 0 Å². The summed E-state index contributed by atoms with van der Waals surface area (Å²) in [7, 11) is 0. The number of fused-ring (bicyclic) bond motifs is 1. The van der Waals surface area contributed by atoms with Crippen LogP contribution in [0.4, 0.5) is 19.1 Å². The number of hydrogen-bond acceptors (Lipinski definition) is 3. The van der Waals surface area contributed by atoms with E-state index in [1.165, 1.54) is 6.07 Å². The van der Waals surface area contributed by atoms with Crippen LogP contribution in [0.15, 0.2) is 48.5 Å². The quantitative estimate of drug-likeness (QED) is 0.739. The molecule has 0 saturated carbocycles. The van der Waals surface area contributed by atoms with Gasteiger partial charge in [-0.05, 0) is 18.2 Å². The molecular weight excluding hydrogens is 279 g/mol. The molecule has 0 spiro atoms. The Balaban J connectivity index is 2.32. The van der Waals surface area contributed by atoms with Gasteiger partial charge < -0.3 is 5.73 Å². The first-order chi connectivity index (χ1) is 9.95. The molecule has 0 aliphatic rings. The van der Waals surface area contributed by atoms with Crippen molar-refractivity contribution in [2.75, 3.05) is 5.73 Å². The van der Waals surface area contributed by atoms with Gasteiger partial charge in [-0.3, -0.25) is 0 Å². The SMILES string of the molecule is Nc1nc(-c2ccccc2)c2cc(C(F)(F)F)ccc2n1. The lowest BCUT2D eigenvalue weighted by molar-refractivity contribution is -0.137. The van der Waals surface area contributed by atoms with Crippen LogP contribution < -0.4 is 5.73 Å². The van der Waals surface area contributed by atoms with Gasteiger partial charge in [0.2, 0.25) is 5.95 Å². The van der Waals surface area contributed by atoms with Crippen molar-refractivity contribution in [3.63, 3.8) is 0 Å². The predicted octanol–water partition coefficient (Wildman–Crippen LogP) is 3.90. The second-order valence-corrected chi connectivity index (χ2v) is 4.53. The number of anilines is 1. The summed E-state index contributed by atoms with van der Waals surface area (Å²) in [5, 5.41) is 0.324. The fourth-order valence-corrected chi connectivity index (χ4v) is 2.14. The van der Waals surface area contributed by atoms with Gasteiger partial charge in [-0.25, -0.2) is 9.97 Å². The number of halogens is 3. The van der Waals surface area contributed by atoms with Gasteiger partial charge in [-0.1, -0.05) is 30.3 Å². The van der Waals surface area contributed by atoms with E-state index < -0.39 is 11.7 Å². The summed E-state index contributed by atoms with van der Waals surface area (Å²) in [6, 6.07) is 12.3. The van der Waals surface area contributed by atoms with E-state index in [1.807, 2.05) is 6.07 Å². The van der Waals surface area contributed by atoms with Gasteiger partial charge in [-0.2, -0.15) is 13.2 Å². The third-order valence-corrected chi connectivity index (χ3v) is 3.09. The second-order valence-electron chi connectivity index (χ2n) is 4.53. The Morgan fingerprint density at radius 1 is 0.905 bits per heavy atom. The minimum absolute atomic E-state index is 0.0288. The minimum atomic E-state index is -4.41. The second kappa shape index (κ2) is 4.73. The molecule has 21 heavy (non-hydrogen) atoms. The van der Waals surface area contributed by atoms with Gasteiger partial charge in [0.15, 0.2) is 0 Å². The lowest BCUT2D eigenvalue weighted by Gasteiger charge is -2.10. The molecule has 0 atom stereocenters. The van der Waals surface area contributed by atoms with Crippen LogP contribution in [-0.4, -0.2) is 9.97 Å². The molecule has 1 heterocycles. The number of nitrogens with zero attached hydrogens (tertiary/aromatic N) is 2. The Bertz CT molecular complexity index is 798. The maximum atomic E-state index is 12.9. The number of rotatable bonds is 1. The number of aromatic nitrogens is 2. The van der Waals surface area contributed by atoms with Gasteiger partial charge in [0.25, 0.3) is 0 Å². The van der Waals surface area contributed by atoms with Gasteiger partial charge >= 0.3 is 6.18 Å². The van der Waals surface area contributed by atoms with Crippen LogP contribution in [0.2, 0.25) is 0 Å². The highest BCUT2D eigenvalue weighted by Gasteiger charge is 2.30. The van der Waals surface area contributed by atoms with Crippen molar-refractivity contribution in [2.45, 2.75) is 6.18 Å². The third-order valence-electron chi connectivity index (χ3n) is 3.09. The summed E-state index contributed by atoms with van der Waals surface area (Å²) in [5.74, 6) is 0.0288. The molecule has 2 aromatic carbocycles. The molecule has 3 rings (SSSR count). The van der Waals surface area contributed by atoms with E-state index in [0.717, 1.165) is 12.1 Å². The molecule has 3 aromatic rings. The fourth-order valence-electron chi connectivity index (χ4n) is 2.14. The normalized spacial score (nSPS) is 11.8. The molecule has 0 unspecified atom stereocenters. The van der Waals surface area contributed by atoms with Crippen molar-refractivity contribution in [2.24, 2.45) is 0 Å². The summed E-state index contributed by atoms with van der Waals surface area (Å²) in [4.78, 5) is 8.08. The molecule has 2 N–H and O–H groups in total. The van der Waals surface area contributed by atoms with E-state index in [2.05, 4.69) is 9.97 Å². The van der Waals surface area contributed by atoms with E-state index in [4.69, 9.17) is 5.73 Å². The van der Waals surface area contributed by atoms with Crippen LogP contribution >= 0.6 is 0 Å². The first kappa shape index (κ1) is 13.4. The number of nitrogen functional groups attached to an aromatic ring is 1. The molecule has 0 saturated heterocycles.